The van der Waals surface area contributed by atoms with Gasteiger partial charge in [0.25, 0.3) is 11.5 Å². The summed E-state index contributed by atoms with van der Waals surface area (Å²) >= 11 is 0. The molecule has 1 aliphatic rings. The molecule has 0 spiro atoms. The van der Waals surface area contributed by atoms with Crippen LogP contribution in [-0.2, 0) is 16.1 Å². The molecule has 3 rings (SSSR count). The van der Waals surface area contributed by atoms with Crippen molar-refractivity contribution in [1.82, 2.24) is 19.4 Å². The topological polar surface area (TPSA) is 128 Å². The number of hydrogen-bond acceptors (Lipinski definition) is 7. The van der Waals surface area contributed by atoms with Gasteiger partial charge in [0.1, 0.15) is 5.60 Å². The van der Waals surface area contributed by atoms with Crippen molar-refractivity contribution in [3.8, 4) is 0 Å². The summed E-state index contributed by atoms with van der Waals surface area (Å²) in [6.07, 6.45) is -0.377. The van der Waals surface area contributed by atoms with Crippen molar-refractivity contribution in [3.63, 3.8) is 0 Å². The number of nitrogens with two attached hydrogens (primary N) is 1. The average molecular weight is 429 g/mol. The van der Waals surface area contributed by atoms with Crippen molar-refractivity contribution < 1.29 is 19.1 Å². The van der Waals surface area contributed by atoms with Crippen molar-refractivity contribution in [3.05, 3.63) is 40.4 Å². The molecule has 166 valence electrons. The zero-order valence-corrected chi connectivity index (χ0v) is 18.0. The van der Waals surface area contributed by atoms with Crippen LogP contribution in [0.3, 0.4) is 0 Å². The number of rotatable bonds is 5. The molecule has 1 aromatic heterocycles. The van der Waals surface area contributed by atoms with E-state index in [1.807, 2.05) is 25.7 Å². The van der Waals surface area contributed by atoms with Crippen LogP contribution in [0.1, 0.15) is 31.4 Å². The minimum absolute atomic E-state index is 0.0830. The Labute approximate surface area is 179 Å². The van der Waals surface area contributed by atoms with Gasteiger partial charge in [-0.1, -0.05) is 12.1 Å². The van der Waals surface area contributed by atoms with Crippen LogP contribution in [0.4, 0.5) is 4.79 Å². The average Bonchev–Trinajstić information content (AvgIpc) is 2.69. The smallest absolute Gasteiger partial charge is 0.410 e. The highest BCUT2D eigenvalue weighted by Gasteiger charge is 2.27. The molecule has 10 heteroatoms. The summed E-state index contributed by atoms with van der Waals surface area (Å²) in [5.74, 6) is -1.37. The monoisotopic (exact) mass is 429 g/mol. The molecule has 2 heterocycles. The third-order valence-electron chi connectivity index (χ3n) is 4.84. The fourth-order valence-corrected chi connectivity index (χ4v) is 3.39. The molecular weight excluding hydrogens is 402 g/mol. The zero-order valence-electron chi connectivity index (χ0n) is 18.0. The van der Waals surface area contributed by atoms with Gasteiger partial charge in [-0.05, 0) is 32.9 Å². The van der Waals surface area contributed by atoms with E-state index in [1.54, 1.807) is 29.2 Å². The molecule has 1 fully saturated rings. The Morgan fingerprint density at radius 2 is 1.71 bits per heavy atom. The van der Waals surface area contributed by atoms with Gasteiger partial charge in [0.15, 0.2) is 5.78 Å². The first-order chi connectivity index (χ1) is 14.5. The molecule has 10 nitrogen and oxygen atoms in total. The first-order valence-corrected chi connectivity index (χ1v) is 10.1. The Morgan fingerprint density at radius 3 is 2.32 bits per heavy atom. The number of amides is 2. The fraction of sp³-hybridized carbons (Fsp3) is 0.476. The molecule has 1 aromatic carbocycles. The molecule has 0 atom stereocenters. The van der Waals surface area contributed by atoms with Gasteiger partial charge in [-0.2, -0.15) is 0 Å². The lowest BCUT2D eigenvalue weighted by molar-refractivity contribution is -0.121. The summed E-state index contributed by atoms with van der Waals surface area (Å²) in [6.45, 7) is 7.08. The fourth-order valence-electron chi connectivity index (χ4n) is 3.39. The SMILES string of the molecule is CC(C)(C)OC(=O)N1CCN(CC(=O)Cn2c(C(N)=O)nc3ccccc3c2=O)CC1. The van der Waals surface area contributed by atoms with E-state index in [2.05, 4.69) is 4.98 Å². The molecule has 0 radical (unpaired) electrons. The van der Waals surface area contributed by atoms with E-state index in [0.717, 1.165) is 4.57 Å². The minimum Gasteiger partial charge on any atom is -0.444 e. The van der Waals surface area contributed by atoms with Gasteiger partial charge in [0.2, 0.25) is 5.82 Å². The number of para-hydroxylation sites is 1. The lowest BCUT2D eigenvalue weighted by Gasteiger charge is -2.35. The second-order valence-corrected chi connectivity index (χ2v) is 8.49. The third kappa shape index (κ3) is 5.46. The van der Waals surface area contributed by atoms with Crippen LogP contribution in [0, 0.1) is 0 Å². The van der Waals surface area contributed by atoms with Crippen molar-refractivity contribution in [2.75, 3.05) is 32.7 Å². The number of carbonyl (C=O) groups excluding carboxylic acids is 3. The Bertz CT molecular complexity index is 1060. The van der Waals surface area contributed by atoms with E-state index < -0.39 is 17.1 Å². The van der Waals surface area contributed by atoms with Gasteiger partial charge in [-0.15, -0.1) is 0 Å². The van der Waals surface area contributed by atoms with E-state index in [9.17, 15) is 19.2 Å². The molecular formula is C21H27N5O5. The normalized spacial score (nSPS) is 15.1. The van der Waals surface area contributed by atoms with Crippen LogP contribution in [0.5, 0.6) is 0 Å². The Morgan fingerprint density at radius 1 is 1.06 bits per heavy atom. The molecule has 2 aromatic rings. The van der Waals surface area contributed by atoms with E-state index in [-0.39, 0.29) is 30.8 Å². The molecule has 0 saturated carbocycles. The highest BCUT2D eigenvalue weighted by atomic mass is 16.6. The number of carbonyl (C=O) groups is 3. The number of primary amides is 1. The number of ketones is 1. The van der Waals surface area contributed by atoms with Crippen LogP contribution in [0.15, 0.2) is 29.1 Å². The first kappa shape index (κ1) is 22.4. The predicted octanol–water partition coefficient (Wildman–Crippen LogP) is 0.617. The number of piperazine rings is 1. The van der Waals surface area contributed by atoms with Crippen molar-refractivity contribution in [2.45, 2.75) is 32.9 Å². The Hall–Kier alpha value is -3.27. The van der Waals surface area contributed by atoms with E-state index in [4.69, 9.17) is 10.5 Å². The molecule has 0 aliphatic carbocycles. The summed E-state index contributed by atoms with van der Waals surface area (Å²) in [5.41, 5.74) is 4.69. The highest BCUT2D eigenvalue weighted by Crippen LogP contribution is 2.12. The van der Waals surface area contributed by atoms with E-state index in [1.165, 1.54) is 0 Å². The summed E-state index contributed by atoms with van der Waals surface area (Å²) in [6, 6.07) is 6.59. The summed E-state index contributed by atoms with van der Waals surface area (Å²) in [5, 5.41) is 0.311. The molecule has 1 aliphatic heterocycles. The highest BCUT2D eigenvalue weighted by molar-refractivity contribution is 5.92. The molecule has 2 amide bonds. The Kier molecular flexibility index (Phi) is 6.40. The largest absolute Gasteiger partial charge is 0.444 e. The second kappa shape index (κ2) is 8.84. The van der Waals surface area contributed by atoms with Gasteiger partial charge in [0, 0.05) is 26.2 Å². The predicted molar refractivity (Wildman–Crippen MR) is 114 cm³/mol. The van der Waals surface area contributed by atoms with Crippen LogP contribution < -0.4 is 11.3 Å². The van der Waals surface area contributed by atoms with Crippen molar-refractivity contribution >= 4 is 28.7 Å². The number of benzene rings is 1. The molecule has 1 saturated heterocycles. The quantitative estimate of drug-likeness (QED) is 0.738. The van der Waals surface area contributed by atoms with Crippen LogP contribution in [0.2, 0.25) is 0 Å². The van der Waals surface area contributed by atoms with Crippen LogP contribution in [0.25, 0.3) is 10.9 Å². The maximum absolute atomic E-state index is 12.8. The number of nitrogens with zero attached hydrogens (tertiary/aromatic N) is 4. The van der Waals surface area contributed by atoms with Gasteiger partial charge in [0.05, 0.1) is 24.0 Å². The lowest BCUT2D eigenvalue weighted by atomic mass is 10.2. The van der Waals surface area contributed by atoms with Crippen molar-refractivity contribution in [1.29, 1.82) is 0 Å². The van der Waals surface area contributed by atoms with Gasteiger partial charge in [-0.25, -0.2) is 9.78 Å². The second-order valence-electron chi connectivity index (χ2n) is 8.49. The van der Waals surface area contributed by atoms with Crippen LogP contribution >= 0.6 is 0 Å². The molecule has 0 unspecified atom stereocenters. The van der Waals surface area contributed by atoms with Crippen LogP contribution in [-0.4, -0.2) is 75.5 Å². The van der Waals surface area contributed by atoms with Gasteiger partial charge >= 0.3 is 6.09 Å². The van der Waals surface area contributed by atoms with Crippen molar-refractivity contribution in [2.24, 2.45) is 5.73 Å². The van der Waals surface area contributed by atoms with Gasteiger partial charge < -0.3 is 15.4 Å². The maximum atomic E-state index is 12.8. The summed E-state index contributed by atoms with van der Waals surface area (Å²) in [7, 11) is 0. The number of fused-ring (bicyclic) bond motifs is 1. The number of ether oxygens (including phenoxy) is 1. The lowest BCUT2D eigenvalue weighted by Crippen LogP contribution is -2.51. The standard InChI is InChI=1S/C21H27N5O5/c1-21(2,3)31-20(30)25-10-8-24(9-11-25)12-14(27)13-26-18(17(22)28)23-16-7-5-4-6-15(16)19(26)29/h4-7H,8-13H2,1-3H3,(H2,22,28). The number of hydrogen-bond donors (Lipinski definition) is 1. The van der Waals surface area contributed by atoms with Gasteiger partial charge in [-0.3, -0.25) is 23.9 Å². The summed E-state index contributed by atoms with van der Waals surface area (Å²) < 4.78 is 6.40. The molecule has 31 heavy (non-hydrogen) atoms. The summed E-state index contributed by atoms with van der Waals surface area (Å²) in [4.78, 5) is 57.1. The number of Topliss-reactive ketones (excluding diaryl/α,β-unsaturated/α-hetero) is 1. The first-order valence-electron chi connectivity index (χ1n) is 10.1. The molecule has 2 N–H and O–H groups in total. The zero-order chi connectivity index (χ0) is 22.8. The Balaban J connectivity index is 1.66. The van der Waals surface area contributed by atoms with E-state index >= 15 is 0 Å². The third-order valence-corrected chi connectivity index (χ3v) is 4.84. The molecule has 0 bridgehead atoms. The minimum atomic E-state index is -0.873. The number of aromatic nitrogens is 2. The van der Waals surface area contributed by atoms with E-state index in [0.29, 0.717) is 37.1 Å². The maximum Gasteiger partial charge on any atom is 0.410 e.